The second kappa shape index (κ2) is 6.60. The van der Waals surface area contributed by atoms with E-state index in [-0.39, 0.29) is 64.8 Å². The van der Waals surface area contributed by atoms with Gasteiger partial charge in [-0.1, -0.05) is 25.1 Å². The number of methoxy groups -OCH3 is 1. The lowest BCUT2D eigenvalue weighted by Crippen LogP contribution is -2.75. The van der Waals surface area contributed by atoms with Crippen molar-refractivity contribution in [2.45, 2.75) is 69.0 Å². The summed E-state index contributed by atoms with van der Waals surface area (Å²) >= 11 is 0. The second-order valence-electron chi connectivity index (χ2n) is 12.2. The molecule has 6 nitrogen and oxygen atoms in total. The first-order valence-electron chi connectivity index (χ1n) is 12.8. The van der Waals surface area contributed by atoms with Gasteiger partial charge in [-0.3, -0.25) is 0 Å². The normalized spacial score (nSPS) is 55.3. The largest absolute Gasteiger partial charge is 0.458 e. The summed E-state index contributed by atoms with van der Waals surface area (Å²) in [5, 5.41) is 28.0. The highest BCUT2D eigenvalue weighted by Crippen LogP contribution is 2.77. The number of esters is 1. The third kappa shape index (κ3) is 2.32. The Morgan fingerprint density at radius 2 is 1.97 bits per heavy atom. The fourth-order valence-corrected chi connectivity index (χ4v) is 10.3. The first-order chi connectivity index (χ1) is 15.8. The van der Waals surface area contributed by atoms with Gasteiger partial charge in [0.1, 0.15) is 6.10 Å². The molecule has 0 amide bonds. The Labute approximate surface area is 195 Å². The lowest BCUT2D eigenvalue weighted by molar-refractivity contribution is -0.241. The molecule has 6 fully saturated rings. The topological polar surface area (TPSA) is 88.0 Å². The summed E-state index contributed by atoms with van der Waals surface area (Å²) < 4.78 is 12.2. The maximum atomic E-state index is 13.1. The van der Waals surface area contributed by atoms with Crippen LogP contribution in [0, 0.1) is 40.4 Å². The zero-order chi connectivity index (χ0) is 22.8. The predicted octanol–water partition coefficient (Wildman–Crippen LogP) is 2.38. The molecule has 1 saturated heterocycles. The number of carbonyl (C=O) groups is 1. The number of rotatable bonds is 3. The summed E-state index contributed by atoms with van der Waals surface area (Å²) in [4.78, 5) is 13.1. The molecule has 0 radical (unpaired) electrons. The zero-order valence-electron chi connectivity index (χ0n) is 19.4. The Morgan fingerprint density at radius 1 is 1.18 bits per heavy atom. The van der Waals surface area contributed by atoms with E-state index < -0.39 is 5.60 Å². The van der Waals surface area contributed by atoms with E-state index in [4.69, 9.17) is 9.47 Å². The molecule has 0 unspecified atom stereocenters. The first-order valence-corrected chi connectivity index (χ1v) is 12.8. The van der Waals surface area contributed by atoms with Gasteiger partial charge >= 0.3 is 5.97 Å². The number of fused-ring (bicyclic) bond motifs is 2. The molecular weight excluding hydrogens is 418 g/mol. The molecule has 33 heavy (non-hydrogen) atoms. The van der Waals surface area contributed by atoms with Crippen molar-refractivity contribution in [3.05, 3.63) is 35.9 Å². The molecule has 7 rings (SSSR count). The molecule has 1 aromatic rings. The van der Waals surface area contributed by atoms with Gasteiger partial charge in [0.25, 0.3) is 0 Å². The lowest BCUT2D eigenvalue weighted by Gasteiger charge is -2.66. The van der Waals surface area contributed by atoms with E-state index in [0.717, 1.165) is 32.2 Å². The van der Waals surface area contributed by atoms with Crippen LogP contribution in [0.5, 0.6) is 0 Å². The summed E-state index contributed by atoms with van der Waals surface area (Å²) in [6.45, 7) is 3.34. The number of benzene rings is 1. The third-order valence-corrected chi connectivity index (χ3v) is 11.3. The molecule has 178 valence electrons. The van der Waals surface area contributed by atoms with Crippen LogP contribution in [0.3, 0.4) is 0 Å². The number of hydrogen-bond acceptors (Lipinski definition) is 6. The van der Waals surface area contributed by atoms with Gasteiger partial charge in [0.2, 0.25) is 0 Å². The number of carbonyl (C=O) groups excluding carboxylic acids is 1. The van der Waals surface area contributed by atoms with Crippen LogP contribution < -0.4 is 5.32 Å². The van der Waals surface area contributed by atoms with Gasteiger partial charge in [-0.15, -0.1) is 0 Å². The van der Waals surface area contributed by atoms with E-state index in [1.54, 1.807) is 19.2 Å². The van der Waals surface area contributed by atoms with Crippen molar-refractivity contribution in [2.75, 3.05) is 13.7 Å². The van der Waals surface area contributed by atoms with E-state index in [2.05, 4.69) is 12.2 Å². The SMILES string of the molecule is CO[C@H]1C[C@@]2(O)[C@H]3[C@@H](OC(=O)c4ccccc4)[C@@H]1C[C@H]3[C@]13[C@@H]4NC[C@](C)(CC[C@@H]1O)[C@H]3C[C@@H]42. The van der Waals surface area contributed by atoms with Crippen LogP contribution in [0.15, 0.2) is 30.3 Å². The Hall–Kier alpha value is -1.47. The van der Waals surface area contributed by atoms with E-state index in [9.17, 15) is 15.0 Å². The van der Waals surface area contributed by atoms with E-state index in [1.165, 1.54) is 0 Å². The van der Waals surface area contributed by atoms with Crippen molar-refractivity contribution in [1.82, 2.24) is 5.32 Å². The van der Waals surface area contributed by atoms with Gasteiger partial charge in [0.05, 0.1) is 23.4 Å². The third-order valence-electron chi connectivity index (χ3n) is 11.3. The van der Waals surface area contributed by atoms with Crippen LogP contribution in [0.2, 0.25) is 0 Å². The second-order valence-corrected chi connectivity index (χ2v) is 12.2. The molecule has 1 aromatic carbocycles. The van der Waals surface area contributed by atoms with Crippen LogP contribution in [-0.2, 0) is 9.47 Å². The van der Waals surface area contributed by atoms with Crippen LogP contribution in [0.4, 0.5) is 0 Å². The standard InChI is InChI=1S/C27H35NO5/c1-25-9-8-20(29)27-16-10-15-18(32-2)12-26(31,17(11-19(25)27)23(27)28-13-25)21(16)22(15)33-24(30)14-6-4-3-5-7-14/h3-7,15-23,28-29,31H,8-13H2,1-2H3/t15-,16-,17+,18+,19-,20+,21-,22+,23-,25+,26+,27-/m1/s1. The summed E-state index contributed by atoms with van der Waals surface area (Å²) in [5.74, 6) is 0.144. The van der Waals surface area contributed by atoms with Crippen molar-refractivity contribution in [3.63, 3.8) is 0 Å². The number of ether oxygens (including phenoxy) is 2. The van der Waals surface area contributed by atoms with E-state index in [0.29, 0.717) is 17.9 Å². The molecule has 6 aliphatic rings. The fraction of sp³-hybridized carbons (Fsp3) is 0.741. The minimum atomic E-state index is -0.953. The van der Waals surface area contributed by atoms with E-state index >= 15 is 0 Å². The Bertz CT molecular complexity index is 986. The Morgan fingerprint density at radius 3 is 2.73 bits per heavy atom. The van der Waals surface area contributed by atoms with Crippen molar-refractivity contribution >= 4 is 5.97 Å². The van der Waals surface area contributed by atoms with Gasteiger partial charge in [0.15, 0.2) is 0 Å². The summed E-state index contributed by atoms with van der Waals surface area (Å²) in [7, 11) is 1.71. The zero-order valence-corrected chi connectivity index (χ0v) is 19.4. The fourth-order valence-electron chi connectivity index (χ4n) is 10.3. The molecule has 3 N–H and O–H groups in total. The minimum absolute atomic E-state index is 0.0489. The highest BCUT2D eigenvalue weighted by Gasteiger charge is 2.82. The van der Waals surface area contributed by atoms with E-state index in [1.807, 2.05) is 18.2 Å². The molecule has 12 atom stereocenters. The molecule has 6 heteroatoms. The predicted molar refractivity (Wildman–Crippen MR) is 120 cm³/mol. The van der Waals surface area contributed by atoms with Crippen LogP contribution in [0.25, 0.3) is 0 Å². The van der Waals surface area contributed by atoms with Gasteiger partial charge in [-0.05, 0) is 55.1 Å². The summed E-state index contributed by atoms with van der Waals surface area (Å²) in [5.41, 5.74) is -0.514. The quantitative estimate of drug-likeness (QED) is 0.609. The van der Waals surface area contributed by atoms with Crippen molar-refractivity contribution in [1.29, 1.82) is 0 Å². The molecule has 1 aliphatic heterocycles. The highest BCUT2D eigenvalue weighted by atomic mass is 16.5. The molecule has 0 aromatic heterocycles. The first kappa shape index (κ1) is 20.9. The summed E-state index contributed by atoms with van der Waals surface area (Å²) in [6, 6.07) is 9.26. The van der Waals surface area contributed by atoms with Crippen molar-refractivity contribution in [3.8, 4) is 0 Å². The molecule has 7 bridgehead atoms. The Kier molecular flexibility index (Phi) is 4.17. The van der Waals surface area contributed by atoms with Crippen molar-refractivity contribution < 1.29 is 24.5 Å². The minimum Gasteiger partial charge on any atom is -0.458 e. The average molecular weight is 454 g/mol. The molecule has 5 saturated carbocycles. The lowest BCUT2D eigenvalue weighted by atomic mass is 9.44. The summed E-state index contributed by atoms with van der Waals surface area (Å²) in [6.07, 6.45) is 3.32. The van der Waals surface area contributed by atoms with Gasteiger partial charge in [-0.25, -0.2) is 4.79 Å². The Balaban J connectivity index is 1.34. The molecular formula is C27H35NO5. The van der Waals surface area contributed by atoms with Crippen LogP contribution in [0.1, 0.15) is 49.4 Å². The van der Waals surface area contributed by atoms with Crippen molar-refractivity contribution in [2.24, 2.45) is 40.4 Å². The average Bonchev–Trinajstić information content (AvgIpc) is 3.25. The molecule has 1 heterocycles. The monoisotopic (exact) mass is 453 g/mol. The van der Waals surface area contributed by atoms with Gasteiger partial charge in [-0.2, -0.15) is 0 Å². The number of aliphatic hydroxyl groups is 2. The molecule has 1 spiro atoms. The number of piperidine rings is 1. The number of nitrogens with one attached hydrogen (secondary N) is 1. The maximum absolute atomic E-state index is 13.1. The van der Waals surface area contributed by atoms with Gasteiger partial charge in [0, 0.05) is 49.3 Å². The van der Waals surface area contributed by atoms with Crippen LogP contribution in [-0.4, -0.2) is 59.8 Å². The molecule has 5 aliphatic carbocycles. The smallest absolute Gasteiger partial charge is 0.338 e. The maximum Gasteiger partial charge on any atom is 0.338 e. The van der Waals surface area contributed by atoms with Gasteiger partial charge < -0.3 is 25.0 Å². The number of aliphatic hydroxyl groups excluding tert-OH is 1. The number of hydrogen-bond donors (Lipinski definition) is 3. The van der Waals surface area contributed by atoms with Crippen LogP contribution >= 0.6 is 0 Å². The highest BCUT2D eigenvalue weighted by molar-refractivity contribution is 5.89.